The van der Waals surface area contributed by atoms with Crippen molar-refractivity contribution in [3.05, 3.63) is 48.0 Å². The van der Waals surface area contributed by atoms with Crippen molar-refractivity contribution >= 4 is 0 Å². The SMILES string of the molecule is C=C(C#Cc1ccccc1)COC. The van der Waals surface area contributed by atoms with Crippen LogP contribution in [0.5, 0.6) is 0 Å². The third-order valence-corrected chi connectivity index (χ3v) is 1.48. The lowest BCUT2D eigenvalue weighted by molar-refractivity contribution is 0.229. The lowest BCUT2D eigenvalue weighted by Crippen LogP contribution is -1.88. The van der Waals surface area contributed by atoms with Crippen molar-refractivity contribution in [1.29, 1.82) is 0 Å². The molecule has 0 unspecified atom stereocenters. The summed E-state index contributed by atoms with van der Waals surface area (Å²) in [6.45, 7) is 4.26. The Hall–Kier alpha value is -1.52. The van der Waals surface area contributed by atoms with E-state index in [1.165, 1.54) is 0 Å². The summed E-state index contributed by atoms with van der Waals surface area (Å²) in [5.41, 5.74) is 1.80. The van der Waals surface area contributed by atoms with E-state index >= 15 is 0 Å². The van der Waals surface area contributed by atoms with E-state index < -0.39 is 0 Å². The van der Waals surface area contributed by atoms with Crippen molar-refractivity contribution in [3.8, 4) is 11.8 Å². The molecule has 66 valence electrons. The van der Waals surface area contributed by atoms with Gasteiger partial charge < -0.3 is 4.74 Å². The highest BCUT2D eigenvalue weighted by atomic mass is 16.5. The Kier molecular flexibility index (Phi) is 3.81. The fourth-order valence-electron chi connectivity index (χ4n) is 0.892. The van der Waals surface area contributed by atoms with Gasteiger partial charge in [-0.15, -0.1) is 0 Å². The smallest absolute Gasteiger partial charge is 0.0785 e. The van der Waals surface area contributed by atoms with Crippen molar-refractivity contribution in [2.75, 3.05) is 13.7 Å². The van der Waals surface area contributed by atoms with Crippen LogP contribution in [-0.4, -0.2) is 13.7 Å². The molecule has 0 radical (unpaired) electrons. The zero-order valence-electron chi connectivity index (χ0n) is 7.71. The Balaban J connectivity index is 2.62. The first-order chi connectivity index (χ1) is 6.33. The molecule has 0 aromatic heterocycles. The van der Waals surface area contributed by atoms with E-state index in [9.17, 15) is 0 Å². The Morgan fingerprint density at radius 3 is 2.69 bits per heavy atom. The Morgan fingerprint density at radius 2 is 2.08 bits per heavy atom. The quantitative estimate of drug-likeness (QED) is 0.622. The molecular weight excluding hydrogens is 160 g/mol. The summed E-state index contributed by atoms with van der Waals surface area (Å²) in [6.07, 6.45) is 0. The fourth-order valence-corrected chi connectivity index (χ4v) is 0.892. The van der Waals surface area contributed by atoms with Gasteiger partial charge in [-0.25, -0.2) is 0 Å². The second-order valence-corrected chi connectivity index (χ2v) is 2.65. The zero-order valence-corrected chi connectivity index (χ0v) is 7.71. The molecule has 0 atom stereocenters. The summed E-state index contributed by atoms with van der Waals surface area (Å²) < 4.78 is 4.89. The van der Waals surface area contributed by atoms with Crippen LogP contribution in [0.3, 0.4) is 0 Å². The number of rotatable bonds is 2. The Morgan fingerprint density at radius 1 is 1.38 bits per heavy atom. The molecule has 1 heteroatoms. The van der Waals surface area contributed by atoms with Gasteiger partial charge in [0.05, 0.1) is 6.61 Å². The van der Waals surface area contributed by atoms with Crippen LogP contribution in [0.2, 0.25) is 0 Å². The van der Waals surface area contributed by atoms with E-state index in [1.807, 2.05) is 30.3 Å². The topological polar surface area (TPSA) is 9.23 Å². The van der Waals surface area contributed by atoms with Gasteiger partial charge in [-0.05, 0) is 12.1 Å². The summed E-state index contributed by atoms with van der Waals surface area (Å²) >= 11 is 0. The molecule has 1 aromatic carbocycles. The molecule has 1 nitrogen and oxygen atoms in total. The minimum atomic E-state index is 0.500. The van der Waals surface area contributed by atoms with Crippen LogP contribution in [0.25, 0.3) is 0 Å². The monoisotopic (exact) mass is 172 g/mol. The maximum atomic E-state index is 4.89. The van der Waals surface area contributed by atoms with E-state index in [-0.39, 0.29) is 0 Å². The number of ether oxygens (including phenoxy) is 1. The highest BCUT2D eigenvalue weighted by molar-refractivity contribution is 5.39. The van der Waals surface area contributed by atoms with E-state index in [0.29, 0.717) is 6.61 Å². The molecule has 0 aliphatic rings. The third-order valence-electron chi connectivity index (χ3n) is 1.48. The first-order valence-electron chi connectivity index (χ1n) is 4.06. The zero-order chi connectivity index (χ0) is 9.52. The van der Waals surface area contributed by atoms with Crippen LogP contribution < -0.4 is 0 Å². The first kappa shape index (κ1) is 9.57. The molecule has 0 heterocycles. The van der Waals surface area contributed by atoms with Crippen LogP contribution in [0.4, 0.5) is 0 Å². The Bertz CT molecular complexity index is 327. The van der Waals surface area contributed by atoms with Gasteiger partial charge in [0.25, 0.3) is 0 Å². The van der Waals surface area contributed by atoms with Crippen molar-refractivity contribution in [2.45, 2.75) is 0 Å². The summed E-state index contributed by atoms with van der Waals surface area (Å²) in [4.78, 5) is 0. The van der Waals surface area contributed by atoms with Gasteiger partial charge in [-0.3, -0.25) is 0 Å². The van der Waals surface area contributed by atoms with Crippen molar-refractivity contribution in [1.82, 2.24) is 0 Å². The van der Waals surface area contributed by atoms with E-state index in [4.69, 9.17) is 4.74 Å². The lowest BCUT2D eigenvalue weighted by atomic mass is 10.2. The molecule has 0 N–H and O–H groups in total. The molecule has 0 fully saturated rings. The molecule has 13 heavy (non-hydrogen) atoms. The summed E-state index contributed by atoms with van der Waals surface area (Å²) in [5, 5.41) is 0. The number of methoxy groups -OCH3 is 1. The molecule has 0 aliphatic carbocycles. The highest BCUT2D eigenvalue weighted by Gasteiger charge is 1.85. The lowest BCUT2D eigenvalue weighted by Gasteiger charge is -1.92. The maximum Gasteiger partial charge on any atom is 0.0785 e. The fraction of sp³-hybridized carbons (Fsp3) is 0.167. The molecule has 0 amide bonds. The number of benzene rings is 1. The van der Waals surface area contributed by atoms with Gasteiger partial charge in [0, 0.05) is 18.2 Å². The second kappa shape index (κ2) is 5.18. The molecule has 0 bridgehead atoms. The van der Waals surface area contributed by atoms with E-state index in [1.54, 1.807) is 7.11 Å². The normalized spacial score (nSPS) is 8.69. The summed E-state index contributed by atoms with van der Waals surface area (Å²) in [7, 11) is 1.63. The summed E-state index contributed by atoms with van der Waals surface area (Å²) in [5.74, 6) is 5.93. The minimum absolute atomic E-state index is 0.500. The molecule has 0 spiro atoms. The average molecular weight is 172 g/mol. The number of hydrogen-bond acceptors (Lipinski definition) is 1. The third kappa shape index (κ3) is 3.59. The van der Waals surface area contributed by atoms with Crippen LogP contribution in [0, 0.1) is 11.8 Å². The molecule has 0 aliphatic heterocycles. The minimum Gasteiger partial charge on any atom is -0.379 e. The predicted octanol–water partition coefficient (Wildman–Crippen LogP) is 2.24. The van der Waals surface area contributed by atoms with Crippen molar-refractivity contribution in [2.24, 2.45) is 0 Å². The highest BCUT2D eigenvalue weighted by Crippen LogP contribution is 1.96. The van der Waals surface area contributed by atoms with Crippen LogP contribution in [-0.2, 0) is 4.74 Å². The van der Waals surface area contributed by atoms with Gasteiger partial charge in [0.15, 0.2) is 0 Å². The van der Waals surface area contributed by atoms with Crippen LogP contribution in [0.1, 0.15) is 5.56 Å². The van der Waals surface area contributed by atoms with Gasteiger partial charge >= 0.3 is 0 Å². The molecule has 1 rings (SSSR count). The van der Waals surface area contributed by atoms with E-state index in [2.05, 4.69) is 18.4 Å². The van der Waals surface area contributed by atoms with E-state index in [0.717, 1.165) is 11.1 Å². The molecule has 1 aromatic rings. The Labute approximate surface area is 79.0 Å². The second-order valence-electron chi connectivity index (χ2n) is 2.65. The van der Waals surface area contributed by atoms with Gasteiger partial charge in [-0.2, -0.15) is 0 Å². The molecule has 0 saturated heterocycles. The molecule has 0 saturated carbocycles. The van der Waals surface area contributed by atoms with Crippen molar-refractivity contribution < 1.29 is 4.74 Å². The average Bonchev–Trinajstić information content (AvgIpc) is 2.17. The molecular formula is C12H12O. The standard InChI is InChI=1S/C12H12O/c1-11(10-13-2)8-9-12-6-4-3-5-7-12/h3-7H,1,10H2,2H3. The maximum absolute atomic E-state index is 4.89. The van der Waals surface area contributed by atoms with Crippen LogP contribution >= 0.6 is 0 Å². The summed E-state index contributed by atoms with van der Waals surface area (Å²) in [6, 6.07) is 9.82. The predicted molar refractivity (Wildman–Crippen MR) is 54.3 cm³/mol. The first-order valence-corrected chi connectivity index (χ1v) is 4.06. The van der Waals surface area contributed by atoms with Gasteiger partial charge in [-0.1, -0.05) is 36.6 Å². The van der Waals surface area contributed by atoms with Crippen LogP contribution in [0.15, 0.2) is 42.5 Å². The van der Waals surface area contributed by atoms with Crippen molar-refractivity contribution in [3.63, 3.8) is 0 Å². The number of hydrogen-bond donors (Lipinski definition) is 0. The van der Waals surface area contributed by atoms with Gasteiger partial charge in [0.2, 0.25) is 0 Å². The van der Waals surface area contributed by atoms with Gasteiger partial charge in [0.1, 0.15) is 0 Å². The largest absolute Gasteiger partial charge is 0.379 e.